The van der Waals surface area contributed by atoms with Gasteiger partial charge in [0.1, 0.15) is 17.6 Å². The van der Waals surface area contributed by atoms with Gasteiger partial charge in [-0.3, -0.25) is 4.79 Å². The lowest BCUT2D eigenvalue weighted by Crippen LogP contribution is -2.47. The van der Waals surface area contributed by atoms with Gasteiger partial charge in [0.25, 0.3) is 0 Å². The molecule has 0 bridgehead atoms. The molecular formula is C20H24N2O4. The lowest BCUT2D eigenvalue weighted by molar-refractivity contribution is -0.135. The third-order valence-electron chi connectivity index (χ3n) is 4.72. The van der Waals surface area contributed by atoms with Crippen molar-refractivity contribution in [3.63, 3.8) is 0 Å². The highest BCUT2D eigenvalue weighted by atomic mass is 16.5. The Morgan fingerprint density at radius 3 is 2.50 bits per heavy atom. The zero-order valence-electron chi connectivity index (χ0n) is 15.0. The minimum atomic E-state index is -0.850. The zero-order valence-corrected chi connectivity index (χ0v) is 15.0. The number of ether oxygens (including phenoxy) is 2. The Bertz CT molecular complexity index is 779. The van der Waals surface area contributed by atoms with E-state index in [1.54, 1.807) is 31.3 Å². The van der Waals surface area contributed by atoms with Gasteiger partial charge in [-0.1, -0.05) is 30.3 Å². The first-order chi connectivity index (χ1) is 12.5. The second-order valence-electron chi connectivity index (χ2n) is 6.39. The van der Waals surface area contributed by atoms with Crippen LogP contribution in [0.3, 0.4) is 0 Å². The molecule has 2 aromatic carbocycles. The second kappa shape index (κ2) is 7.76. The summed E-state index contributed by atoms with van der Waals surface area (Å²) in [7, 11) is 3.12. The summed E-state index contributed by atoms with van der Waals surface area (Å²) in [6.07, 6.45) is -0.398. The van der Waals surface area contributed by atoms with E-state index in [2.05, 4.69) is 0 Å². The number of aliphatic hydroxyl groups is 1. The first-order valence-corrected chi connectivity index (χ1v) is 8.55. The maximum absolute atomic E-state index is 12.8. The lowest BCUT2D eigenvalue weighted by Gasteiger charge is -2.35. The molecule has 2 atom stereocenters. The highest BCUT2D eigenvalue weighted by Gasteiger charge is 2.33. The largest absolute Gasteiger partial charge is 0.496 e. The van der Waals surface area contributed by atoms with E-state index in [4.69, 9.17) is 15.2 Å². The van der Waals surface area contributed by atoms with Gasteiger partial charge in [0.15, 0.2) is 0 Å². The van der Waals surface area contributed by atoms with E-state index in [9.17, 15) is 9.90 Å². The molecule has 3 N–H and O–H groups in total. The SMILES string of the molecule is COc1ccc(OC)c2c1CN(C(=O)[C@@H](N)Cc1ccccc1)CC2O. The number of rotatable bonds is 5. The molecule has 6 heteroatoms. The highest BCUT2D eigenvalue weighted by molar-refractivity contribution is 5.82. The number of hydrogen-bond acceptors (Lipinski definition) is 5. The molecule has 3 rings (SSSR count). The van der Waals surface area contributed by atoms with Crippen LogP contribution < -0.4 is 15.2 Å². The summed E-state index contributed by atoms with van der Waals surface area (Å²) in [5.41, 5.74) is 8.58. The minimum absolute atomic E-state index is 0.178. The highest BCUT2D eigenvalue weighted by Crippen LogP contribution is 2.39. The van der Waals surface area contributed by atoms with Crippen LogP contribution in [0.15, 0.2) is 42.5 Å². The molecule has 1 aliphatic heterocycles. The van der Waals surface area contributed by atoms with Gasteiger partial charge in [0.05, 0.1) is 26.8 Å². The molecule has 0 spiro atoms. The zero-order chi connectivity index (χ0) is 18.7. The molecule has 0 aliphatic carbocycles. The smallest absolute Gasteiger partial charge is 0.240 e. The summed E-state index contributed by atoms with van der Waals surface area (Å²) < 4.78 is 10.8. The number of aliphatic hydroxyl groups excluding tert-OH is 1. The number of carbonyl (C=O) groups excluding carboxylic acids is 1. The van der Waals surface area contributed by atoms with E-state index in [1.165, 1.54) is 0 Å². The number of carbonyl (C=O) groups is 1. The van der Waals surface area contributed by atoms with Crippen LogP contribution >= 0.6 is 0 Å². The van der Waals surface area contributed by atoms with Crippen LogP contribution in [0.2, 0.25) is 0 Å². The number of benzene rings is 2. The van der Waals surface area contributed by atoms with Crippen molar-refractivity contribution in [3.05, 3.63) is 59.2 Å². The van der Waals surface area contributed by atoms with E-state index in [-0.39, 0.29) is 12.5 Å². The first kappa shape index (κ1) is 18.2. The molecule has 138 valence electrons. The minimum Gasteiger partial charge on any atom is -0.496 e. The van der Waals surface area contributed by atoms with E-state index in [0.29, 0.717) is 30.0 Å². The normalized spacial score (nSPS) is 17.4. The first-order valence-electron chi connectivity index (χ1n) is 8.55. The lowest BCUT2D eigenvalue weighted by atomic mass is 9.94. The van der Waals surface area contributed by atoms with Crippen LogP contribution in [0.25, 0.3) is 0 Å². The Morgan fingerprint density at radius 1 is 1.19 bits per heavy atom. The summed E-state index contributed by atoms with van der Waals surface area (Å²) in [4.78, 5) is 14.4. The fourth-order valence-corrected chi connectivity index (χ4v) is 3.43. The van der Waals surface area contributed by atoms with Gasteiger partial charge in [-0.2, -0.15) is 0 Å². The molecule has 0 fully saturated rings. The molecule has 0 aromatic heterocycles. The number of nitrogens with zero attached hydrogens (tertiary/aromatic N) is 1. The number of methoxy groups -OCH3 is 2. The Morgan fingerprint density at radius 2 is 1.85 bits per heavy atom. The van der Waals surface area contributed by atoms with Crippen molar-refractivity contribution in [2.45, 2.75) is 25.1 Å². The number of nitrogens with two attached hydrogens (primary N) is 1. The molecule has 1 aliphatic rings. The fourth-order valence-electron chi connectivity index (χ4n) is 3.43. The molecule has 1 unspecified atom stereocenters. The molecule has 0 radical (unpaired) electrons. The molecule has 2 aromatic rings. The van der Waals surface area contributed by atoms with Gasteiger partial charge in [0.2, 0.25) is 5.91 Å². The summed E-state index contributed by atoms with van der Waals surface area (Å²) in [5.74, 6) is 1.02. The van der Waals surface area contributed by atoms with Crippen LogP contribution in [0.4, 0.5) is 0 Å². The second-order valence-corrected chi connectivity index (χ2v) is 6.39. The Balaban J connectivity index is 1.82. The summed E-state index contributed by atoms with van der Waals surface area (Å²) in [5, 5.41) is 10.6. The van der Waals surface area contributed by atoms with Crippen LogP contribution in [-0.2, 0) is 17.8 Å². The van der Waals surface area contributed by atoms with Crippen LogP contribution in [0.1, 0.15) is 22.8 Å². The van der Waals surface area contributed by atoms with Crippen LogP contribution in [0, 0.1) is 0 Å². The number of β-amino-alcohol motifs (C(OH)–C–C–N with tert-alkyl or cyclic N) is 1. The fraction of sp³-hybridized carbons (Fsp3) is 0.350. The monoisotopic (exact) mass is 356 g/mol. The molecule has 0 saturated carbocycles. The van der Waals surface area contributed by atoms with Crippen molar-refractivity contribution in [1.29, 1.82) is 0 Å². The van der Waals surface area contributed by atoms with E-state index in [0.717, 1.165) is 11.1 Å². The predicted octanol–water partition coefficient (Wildman–Crippen LogP) is 1.65. The van der Waals surface area contributed by atoms with E-state index < -0.39 is 12.1 Å². The van der Waals surface area contributed by atoms with Crippen molar-refractivity contribution >= 4 is 5.91 Å². The van der Waals surface area contributed by atoms with Crippen LogP contribution in [-0.4, -0.2) is 42.7 Å². The van der Waals surface area contributed by atoms with Gasteiger partial charge in [-0.25, -0.2) is 0 Å². The van der Waals surface area contributed by atoms with Gasteiger partial charge in [0, 0.05) is 17.7 Å². The number of fused-ring (bicyclic) bond motifs is 1. The average Bonchev–Trinajstić information content (AvgIpc) is 2.67. The van der Waals surface area contributed by atoms with Crippen molar-refractivity contribution in [1.82, 2.24) is 4.90 Å². The Hall–Kier alpha value is -2.57. The van der Waals surface area contributed by atoms with E-state index >= 15 is 0 Å². The van der Waals surface area contributed by atoms with Crippen molar-refractivity contribution < 1.29 is 19.4 Å². The Kier molecular flexibility index (Phi) is 5.44. The van der Waals surface area contributed by atoms with Gasteiger partial charge in [-0.05, 0) is 24.1 Å². The number of hydrogen-bond donors (Lipinski definition) is 2. The van der Waals surface area contributed by atoms with Crippen molar-refractivity contribution in [3.8, 4) is 11.5 Å². The van der Waals surface area contributed by atoms with Gasteiger partial charge >= 0.3 is 0 Å². The quantitative estimate of drug-likeness (QED) is 0.851. The van der Waals surface area contributed by atoms with Gasteiger partial charge < -0.3 is 25.2 Å². The van der Waals surface area contributed by atoms with Crippen molar-refractivity contribution in [2.75, 3.05) is 20.8 Å². The van der Waals surface area contributed by atoms with Crippen LogP contribution in [0.5, 0.6) is 11.5 Å². The summed E-state index contributed by atoms with van der Waals surface area (Å²) in [6.45, 7) is 0.506. The molecule has 1 amide bonds. The van der Waals surface area contributed by atoms with E-state index in [1.807, 2.05) is 30.3 Å². The molecular weight excluding hydrogens is 332 g/mol. The summed E-state index contributed by atoms with van der Waals surface area (Å²) >= 11 is 0. The third-order valence-corrected chi connectivity index (χ3v) is 4.72. The number of amides is 1. The molecule has 26 heavy (non-hydrogen) atoms. The predicted molar refractivity (Wildman–Crippen MR) is 98.0 cm³/mol. The Labute approximate surface area is 153 Å². The standard InChI is InChI=1S/C20H24N2O4/c1-25-17-8-9-18(26-2)19-14(17)11-22(12-16(19)23)20(24)15(21)10-13-6-4-3-5-7-13/h3-9,15-16,23H,10-12,21H2,1-2H3/t15-,16?/m0/s1. The summed E-state index contributed by atoms with van der Waals surface area (Å²) in [6, 6.07) is 12.5. The molecule has 6 nitrogen and oxygen atoms in total. The maximum Gasteiger partial charge on any atom is 0.240 e. The topological polar surface area (TPSA) is 85.0 Å². The molecule has 1 heterocycles. The maximum atomic E-state index is 12.8. The molecule has 0 saturated heterocycles. The third kappa shape index (κ3) is 3.52. The average molecular weight is 356 g/mol. The van der Waals surface area contributed by atoms with Crippen molar-refractivity contribution in [2.24, 2.45) is 5.73 Å². The van der Waals surface area contributed by atoms with Gasteiger partial charge in [-0.15, -0.1) is 0 Å².